The van der Waals surface area contributed by atoms with E-state index in [0.29, 0.717) is 44.1 Å². The molecule has 1 aliphatic rings. The van der Waals surface area contributed by atoms with Crippen LogP contribution in [0.5, 0.6) is 0 Å². The first-order valence-electron chi connectivity index (χ1n) is 10.1. The van der Waals surface area contributed by atoms with Crippen molar-refractivity contribution in [1.82, 2.24) is 10.2 Å². The van der Waals surface area contributed by atoms with Gasteiger partial charge in [0.05, 0.1) is 13.2 Å². The third-order valence-electron chi connectivity index (χ3n) is 4.66. The molecule has 150 valence electrons. The lowest BCUT2D eigenvalue weighted by Gasteiger charge is -2.27. The van der Waals surface area contributed by atoms with Crippen molar-refractivity contribution in [2.24, 2.45) is 5.92 Å². The summed E-state index contributed by atoms with van der Waals surface area (Å²) in [5.41, 5.74) is 1.21. The Balaban J connectivity index is 1.70. The summed E-state index contributed by atoms with van der Waals surface area (Å²) in [4.78, 5) is 26.3. The zero-order valence-corrected chi connectivity index (χ0v) is 16.6. The van der Waals surface area contributed by atoms with Gasteiger partial charge in [0.1, 0.15) is 0 Å². The molecule has 1 heterocycles. The van der Waals surface area contributed by atoms with Gasteiger partial charge in [0.2, 0.25) is 0 Å². The Bertz CT molecular complexity index is 598. The number of rotatable bonds is 9. The molecule has 0 atom stereocenters. The monoisotopic (exact) mass is 375 g/mol. The first kappa shape index (κ1) is 21.2. The zero-order chi connectivity index (χ0) is 19.5. The Morgan fingerprint density at radius 2 is 1.85 bits per heavy atom. The smallest absolute Gasteiger partial charge is 0.319 e. The lowest BCUT2D eigenvalue weighted by atomic mass is 10.0. The predicted octanol–water partition coefficient (Wildman–Crippen LogP) is 3.89. The highest BCUT2D eigenvalue weighted by Gasteiger charge is 2.18. The van der Waals surface area contributed by atoms with Gasteiger partial charge < -0.3 is 20.3 Å². The van der Waals surface area contributed by atoms with Crippen LogP contribution in [-0.4, -0.2) is 49.7 Å². The Morgan fingerprint density at radius 3 is 2.59 bits per heavy atom. The van der Waals surface area contributed by atoms with Crippen molar-refractivity contribution in [3.05, 3.63) is 29.8 Å². The normalized spacial score (nSPS) is 14.3. The van der Waals surface area contributed by atoms with Crippen molar-refractivity contribution in [2.75, 3.05) is 38.2 Å². The first-order valence-corrected chi connectivity index (χ1v) is 10.1. The van der Waals surface area contributed by atoms with Gasteiger partial charge in [-0.25, -0.2) is 4.79 Å². The van der Waals surface area contributed by atoms with Gasteiger partial charge in [-0.2, -0.15) is 0 Å². The molecule has 3 amide bonds. The van der Waals surface area contributed by atoms with Gasteiger partial charge in [0.15, 0.2) is 0 Å². The Kier molecular flexibility index (Phi) is 9.11. The molecule has 1 aromatic carbocycles. The SMILES string of the molecule is CC(C)CCCCCCNC(=O)Nc1cccc(C(=O)N2CCOCC2)c1. The molecule has 0 aliphatic carbocycles. The minimum Gasteiger partial charge on any atom is -0.378 e. The number of carbonyl (C=O) groups excluding carboxylic acids is 2. The van der Waals surface area contributed by atoms with E-state index in [1.54, 1.807) is 29.2 Å². The summed E-state index contributed by atoms with van der Waals surface area (Å²) >= 11 is 0. The van der Waals surface area contributed by atoms with Crippen LogP contribution in [0.2, 0.25) is 0 Å². The van der Waals surface area contributed by atoms with Crippen LogP contribution in [0.4, 0.5) is 10.5 Å². The Labute approximate surface area is 162 Å². The summed E-state index contributed by atoms with van der Waals surface area (Å²) in [5.74, 6) is 0.739. The second-order valence-corrected chi connectivity index (χ2v) is 7.46. The summed E-state index contributed by atoms with van der Waals surface area (Å²) in [6.45, 7) is 7.51. The maximum absolute atomic E-state index is 12.5. The van der Waals surface area contributed by atoms with Crippen molar-refractivity contribution in [3.63, 3.8) is 0 Å². The van der Waals surface area contributed by atoms with Gasteiger partial charge in [0, 0.05) is 30.9 Å². The van der Waals surface area contributed by atoms with E-state index in [2.05, 4.69) is 24.5 Å². The zero-order valence-electron chi connectivity index (χ0n) is 16.6. The van der Waals surface area contributed by atoms with Gasteiger partial charge in [-0.1, -0.05) is 45.6 Å². The lowest BCUT2D eigenvalue weighted by molar-refractivity contribution is 0.0303. The quantitative estimate of drug-likeness (QED) is 0.643. The second-order valence-electron chi connectivity index (χ2n) is 7.46. The van der Waals surface area contributed by atoms with E-state index in [1.165, 1.54) is 19.3 Å². The number of hydrogen-bond donors (Lipinski definition) is 2. The third-order valence-corrected chi connectivity index (χ3v) is 4.66. The highest BCUT2D eigenvalue weighted by Crippen LogP contribution is 2.14. The fourth-order valence-corrected chi connectivity index (χ4v) is 3.09. The molecule has 0 radical (unpaired) electrons. The highest BCUT2D eigenvalue weighted by molar-refractivity contribution is 5.97. The average molecular weight is 376 g/mol. The number of nitrogens with zero attached hydrogens (tertiary/aromatic N) is 1. The van der Waals surface area contributed by atoms with Gasteiger partial charge in [-0.15, -0.1) is 0 Å². The largest absolute Gasteiger partial charge is 0.378 e. The summed E-state index contributed by atoms with van der Waals surface area (Å²) in [5, 5.41) is 5.69. The van der Waals surface area contributed by atoms with Gasteiger partial charge >= 0.3 is 6.03 Å². The van der Waals surface area contributed by atoms with E-state index in [9.17, 15) is 9.59 Å². The number of ether oxygens (including phenoxy) is 1. The molecule has 1 aromatic rings. The molecular weight excluding hydrogens is 342 g/mol. The molecule has 0 spiro atoms. The van der Waals surface area contributed by atoms with Crippen LogP contribution in [0.25, 0.3) is 0 Å². The van der Waals surface area contributed by atoms with E-state index in [0.717, 1.165) is 18.8 Å². The van der Waals surface area contributed by atoms with Gasteiger partial charge in [0.25, 0.3) is 5.91 Å². The van der Waals surface area contributed by atoms with E-state index >= 15 is 0 Å². The fraction of sp³-hybridized carbons (Fsp3) is 0.619. The maximum atomic E-state index is 12.5. The predicted molar refractivity (Wildman–Crippen MR) is 108 cm³/mol. The Morgan fingerprint density at radius 1 is 1.11 bits per heavy atom. The number of morpholine rings is 1. The molecule has 1 fully saturated rings. The summed E-state index contributed by atoms with van der Waals surface area (Å²) < 4.78 is 5.28. The highest BCUT2D eigenvalue weighted by atomic mass is 16.5. The number of amides is 3. The molecular formula is C21H33N3O3. The number of hydrogen-bond acceptors (Lipinski definition) is 3. The molecule has 2 rings (SSSR count). The summed E-state index contributed by atoms with van der Waals surface area (Å²) in [6.07, 6.45) is 5.87. The molecule has 0 saturated carbocycles. The topological polar surface area (TPSA) is 70.7 Å². The minimum absolute atomic E-state index is 0.0243. The van der Waals surface area contributed by atoms with E-state index in [-0.39, 0.29) is 11.9 Å². The molecule has 27 heavy (non-hydrogen) atoms. The van der Waals surface area contributed by atoms with E-state index < -0.39 is 0 Å². The molecule has 6 heteroatoms. The molecule has 0 unspecified atom stereocenters. The standard InChI is InChI=1S/C21H33N3O3/c1-17(2)8-5-3-4-6-11-22-21(26)23-19-10-7-9-18(16-19)20(25)24-12-14-27-15-13-24/h7,9-10,16-17H,3-6,8,11-15H2,1-2H3,(H2,22,23,26). The number of unbranched alkanes of at least 4 members (excludes halogenated alkanes) is 3. The van der Waals surface area contributed by atoms with Crippen LogP contribution in [0.15, 0.2) is 24.3 Å². The number of benzene rings is 1. The fourth-order valence-electron chi connectivity index (χ4n) is 3.09. The van der Waals surface area contributed by atoms with Crippen molar-refractivity contribution in [3.8, 4) is 0 Å². The number of urea groups is 1. The maximum Gasteiger partial charge on any atom is 0.319 e. The van der Waals surface area contributed by atoms with Crippen molar-refractivity contribution in [2.45, 2.75) is 46.0 Å². The number of nitrogens with one attached hydrogen (secondary N) is 2. The summed E-state index contributed by atoms with van der Waals surface area (Å²) in [6, 6.07) is 6.86. The third kappa shape index (κ3) is 7.99. The van der Waals surface area contributed by atoms with Crippen LogP contribution >= 0.6 is 0 Å². The molecule has 6 nitrogen and oxygen atoms in total. The molecule has 0 bridgehead atoms. The van der Waals surface area contributed by atoms with Crippen LogP contribution in [0, 0.1) is 5.92 Å². The lowest BCUT2D eigenvalue weighted by Crippen LogP contribution is -2.40. The van der Waals surface area contributed by atoms with Gasteiger partial charge in [-0.05, 0) is 30.5 Å². The van der Waals surface area contributed by atoms with Crippen LogP contribution in [0.3, 0.4) is 0 Å². The van der Waals surface area contributed by atoms with E-state index in [1.807, 2.05) is 0 Å². The average Bonchev–Trinajstić information content (AvgIpc) is 2.67. The van der Waals surface area contributed by atoms with Gasteiger partial charge in [-0.3, -0.25) is 4.79 Å². The minimum atomic E-state index is -0.229. The molecule has 1 aliphatic heterocycles. The molecule has 0 aromatic heterocycles. The van der Waals surface area contributed by atoms with Crippen LogP contribution in [0.1, 0.15) is 56.3 Å². The Hall–Kier alpha value is -2.08. The summed E-state index contributed by atoms with van der Waals surface area (Å²) in [7, 11) is 0. The molecule has 2 N–H and O–H groups in total. The van der Waals surface area contributed by atoms with Crippen molar-refractivity contribution >= 4 is 17.6 Å². The van der Waals surface area contributed by atoms with E-state index in [4.69, 9.17) is 4.74 Å². The molecule has 1 saturated heterocycles. The van der Waals surface area contributed by atoms with Crippen LogP contribution < -0.4 is 10.6 Å². The van der Waals surface area contributed by atoms with Crippen molar-refractivity contribution in [1.29, 1.82) is 0 Å². The van der Waals surface area contributed by atoms with Crippen LogP contribution in [-0.2, 0) is 4.74 Å². The second kappa shape index (κ2) is 11.6. The number of carbonyl (C=O) groups is 2. The van der Waals surface area contributed by atoms with Crippen molar-refractivity contribution < 1.29 is 14.3 Å². The number of anilines is 1. The first-order chi connectivity index (χ1) is 13.1.